The fraction of sp³-hybridized carbons (Fsp3) is 0.300. The van der Waals surface area contributed by atoms with Gasteiger partial charge in [0.05, 0.1) is 17.2 Å². The minimum absolute atomic E-state index is 0.0235. The fourth-order valence-electron chi connectivity index (χ4n) is 2.85. The van der Waals surface area contributed by atoms with Gasteiger partial charge in [-0.3, -0.25) is 0 Å². The number of hydrogen-bond acceptors (Lipinski definition) is 6. The number of ether oxygens (including phenoxy) is 3. The third kappa shape index (κ3) is 4.28. The van der Waals surface area contributed by atoms with Gasteiger partial charge in [0.2, 0.25) is 0 Å². The molecule has 2 aromatic carbocycles. The number of aliphatic hydroxyl groups is 1. The molecule has 0 bridgehead atoms. The summed E-state index contributed by atoms with van der Waals surface area (Å²) in [5.74, 6) is -1.08. The summed E-state index contributed by atoms with van der Waals surface area (Å²) in [7, 11) is 0. The molecule has 0 saturated carbocycles. The van der Waals surface area contributed by atoms with E-state index in [9.17, 15) is 14.7 Å². The quantitative estimate of drug-likeness (QED) is 0.848. The Morgan fingerprint density at radius 1 is 0.923 bits per heavy atom. The zero-order chi connectivity index (χ0) is 18.5. The van der Waals surface area contributed by atoms with Crippen molar-refractivity contribution in [2.45, 2.75) is 37.9 Å². The highest BCUT2D eigenvalue weighted by molar-refractivity contribution is 5.90. The molecule has 6 nitrogen and oxygen atoms in total. The van der Waals surface area contributed by atoms with Gasteiger partial charge in [-0.2, -0.15) is 0 Å². The molecule has 4 unspecified atom stereocenters. The number of benzene rings is 2. The Morgan fingerprint density at radius 2 is 1.42 bits per heavy atom. The lowest BCUT2D eigenvalue weighted by atomic mass is 10.0. The molecule has 0 aromatic heterocycles. The van der Waals surface area contributed by atoms with E-state index in [1.807, 2.05) is 0 Å². The third-order valence-electron chi connectivity index (χ3n) is 4.16. The molecule has 4 atom stereocenters. The van der Waals surface area contributed by atoms with Gasteiger partial charge in [0.1, 0.15) is 6.10 Å². The van der Waals surface area contributed by atoms with Crippen molar-refractivity contribution in [1.82, 2.24) is 0 Å². The predicted molar refractivity (Wildman–Crippen MR) is 92.5 cm³/mol. The summed E-state index contributed by atoms with van der Waals surface area (Å²) in [5, 5.41) is 9.85. The van der Waals surface area contributed by atoms with Gasteiger partial charge in [0.25, 0.3) is 0 Å². The van der Waals surface area contributed by atoms with Crippen LogP contribution in [0.15, 0.2) is 60.7 Å². The van der Waals surface area contributed by atoms with Crippen LogP contribution in [0.5, 0.6) is 0 Å². The summed E-state index contributed by atoms with van der Waals surface area (Å²) in [6, 6.07) is 17.0. The van der Waals surface area contributed by atoms with E-state index in [-0.39, 0.29) is 6.42 Å². The Bertz CT molecular complexity index is 745. The number of hydrogen-bond donors (Lipinski definition) is 1. The fourth-order valence-corrected chi connectivity index (χ4v) is 2.85. The summed E-state index contributed by atoms with van der Waals surface area (Å²) in [6.45, 7) is 1.66. The zero-order valence-electron chi connectivity index (χ0n) is 14.3. The highest BCUT2D eigenvalue weighted by atomic mass is 16.7. The first-order valence-corrected chi connectivity index (χ1v) is 8.40. The van der Waals surface area contributed by atoms with Crippen molar-refractivity contribution in [1.29, 1.82) is 0 Å². The maximum absolute atomic E-state index is 12.4. The van der Waals surface area contributed by atoms with E-state index in [0.717, 1.165) is 0 Å². The summed E-state index contributed by atoms with van der Waals surface area (Å²) in [5.41, 5.74) is 0.772. The average molecular weight is 356 g/mol. The molecule has 2 aromatic rings. The largest absolute Gasteiger partial charge is 0.455 e. The normalized spacial score (nSPS) is 25.3. The molecule has 1 heterocycles. The van der Waals surface area contributed by atoms with Gasteiger partial charge in [-0.15, -0.1) is 0 Å². The summed E-state index contributed by atoms with van der Waals surface area (Å²) >= 11 is 0. The molecule has 1 N–H and O–H groups in total. The molecule has 1 fully saturated rings. The van der Waals surface area contributed by atoms with Crippen molar-refractivity contribution >= 4 is 11.9 Å². The molecule has 1 aliphatic heterocycles. The molecule has 26 heavy (non-hydrogen) atoms. The minimum Gasteiger partial charge on any atom is -0.455 e. The van der Waals surface area contributed by atoms with Crippen molar-refractivity contribution in [2.75, 3.05) is 0 Å². The molecule has 3 rings (SSSR count). The van der Waals surface area contributed by atoms with Gasteiger partial charge >= 0.3 is 11.9 Å². The van der Waals surface area contributed by atoms with Gasteiger partial charge in [0, 0.05) is 6.42 Å². The predicted octanol–water partition coefficient (Wildman–Crippen LogP) is 2.56. The molecular weight excluding hydrogens is 336 g/mol. The number of esters is 2. The van der Waals surface area contributed by atoms with E-state index in [1.165, 1.54) is 0 Å². The topological polar surface area (TPSA) is 82.1 Å². The molecule has 1 aliphatic rings. The third-order valence-corrected chi connectivity index (χ3v) is 4.16. The second-order valence-electron chi connectivity index (χ2n) is 6.08. The first kappa shape index (κ1) is 18.1. The van der Waals surface area contributed by atoms with Crippen LogP contribution in [0.25, 0.3) is 0 Å². The second-order valence-corrected chi connectivity index (χ2v) is 6.08. The second kappa shape index (κ2) is 8.12. The van der Waals surface area contributed by atoms with E-state index >= 15 is 0 Å². The van der Waals surface area contributed by atoms with E-state index in [1.54, 1.807) is 67.6 Å². The Morgan fingerprint density at radius 3 is 1.96 bits per heavy atom. The van der Waals surface area contributed by atoms with Crippen LogP contribution < -0.4 is 0 Å². The van der Waals surface area contributed by atoms with Crippen LogP contribution in [0, 0.1) is 0 Å². The smallest absolute Gasteiger partial charge is 0.338 e. The lowest BCUT2D eigenvalue weighted by molar-refractivity contribution is -0.226. The molecule has 6 heteroatoms. The summed E-state index contributed by atoms with van der Waals surface area (Å²) < 4.78 is 16.4. The van der Waals surface area contributed by atoms with Crippen LogP contribution in [-0.2, 0) is 14.2 Å². The first-order valence-electron chi connectivity index (χ1n) is 8.40. The maximum Gasteiger partial charge on any atom is 0.338 e. The van der Waals surface area contributed by atoms with Gasteiger partial charge in [-0.05, 0) is 31.2 Å². The van der Waals surface area contributed by atoms with E-state index in [2.05, 4.69) is 0 Å². The molecule has 0 aliphatic carbocycles. The molecule has 136 valence electrons. The van der Waals surface area contributed by atoms with Gasteiger partial charge in [0.15, 0.2) is 12.4 Å². The Hall–Kier alpha value is -2.70. The number of aliphatic hydroxyl groups excluding tert-OH is 1. The zero-order valence-corrected chi connectivity index (χ0v) is 14.3. The average Bonchev–Trinajstić information content (AvgIpc) is 2.65. The van der Waals surface area contributed by atoms with Crippen molar-refractivity contribution in [3.8, 4) is 0 Å². The van der Waals surface area contributed by atoms with Crippen LogP contribution >= 0.6 is 0 Å². The van der Waals surface area contributed by atoms with Crippen molar-refractivity contribution in [3.63, 3.8) is 0 Å². The van der Waals surface area contributed by atoms with Gasteiger partial charge in [-0.1, -0.05) is 36.4 Å². The van der Waals surface area contributed by atoms with Crippen LogP contribution in [0.3, 0.4) is 0 Å². The van der Waals surface area contributed by atoms with Crippen LogP contribution in [0.1, 0.15) is 34.1 Å². The van der Waals surface area contributed by atoms with E-state index in [4.69, 9.17) is 14.2 Å². The molecule has 1 saturated heterocycles. The van der Waals surface area contributed by atoms with E-state index in [0.29, 0.717) is 11.1 Å². The molecule has 0 amide bonds. The Kier molecular flexibility index (Phi) is 5.65. The monoisotopic (exact) mass is 356 g/mol. The van der Waals surface area contributed by atoms with Crippen LogP contribution in [0.2, 0.25) is 0 Å². The number of carbonyl (C=O) groups excluding carboxylic acids is 2. The lowest BCUT2D eigenvalue weighted by Crippen LogP contribution is -2.51. The Labute approximate surface area is 151 Å². The highest BCUT2D eigenvalue weighted by Crippen LogP contribution is 2.26. The molecule has 0 radical (unpaired) electrons. The van der Waals surface area contributed by atoms with Gasteiger partial charge in [-0.25, -0.2) is 9.59 Å². The highest BCUT2D eigenvalue weighted by Gasteiger charge is 2.41. The summed E-state index contributed by atoms with van der Waals surface area (Å²) in [4.78, 5) is 24.7. The van der Waals surface area contributed by atoms with Gasteiger partial charge < -0.3 is 19.3 Å². The standard InChI is InChI=1S/C20H20O6/c1-13-18(26-20(23)15-10-6-3-7-11-15)16(12-17(21)24-13)25-19(22)14-8-4-2-5-9-14/h2-11,13,16-18,21H,12H2,1H3. The van der Waals surface area contributed by atoms with Crippen molar-refractivity contribution in [3.05, 3.63) is 71.8 Å². The van der Waals surface area contributed by atoms with Crippen LogP contribution in [0.4, 0.5) is 0 Å². The summed E-state index contributed by atoms with van der Waals surface area (Å²) in [6.07, 6.45) is -3.33. The lowest BCUT2D eigenvalue weighted by Gasteiger charge is -2.37. The van der Waals surface area contributed by atoms with Crippen molar-refractivity contribution < 1.29 is 28.9 Å². The van der Waals surface area contributed by atoms with Crippen molar-refractivity contribution in [2.24, 2.45) is 0 Å². The number of rotatable bonds is 4. The minimum atomic E-state index is -1.09. The molecular formula is C20H20O6. The van der Waals surface area contributed by atoms with E-state index < -0.39 is 36.5 Å². The maximum atomic E-state index is 12.4. The molecule has 0 spiro atoms. The number of carbonyl (C=O) groups is 2. The van der Waals surface area contributed by atoms with Crippen LogP contribution in [-0.4, -0.2) is 41.6 Å². The first-order chi connectivity index (χ1) is 12.5. The SMILES string of the molecule is CC1OC(O)CC(OC(=O)c2ccccc2)C1OC(=O)c1ccccc1. The Balaban J connectivity index is 1.74.